The summed E-state index contributed by atoms with van der Waals surface area (Å²) in [6, 6.07) is 20.1. The third kappa shape index (κ3) is 29.7. The Morgan fingerprint density at radius 1 is 0.694 bits per heavy atom. The second-order valence-corrected chi connectivity index (χ2v) is 15.5. The van der Waals surface area contributed by atoms with Gasteiger partial charge >= 0.3 is 8.25 Å². The van der Waals surface area contributed by atoms with E-state index in [2.05, 4.69) is 46.5 Å². The molecule has 280 valence electrons. The molecule has 0 spiro atoms. The van der Waals surface area contributed by atoms with Crippen molar-refractivity contribution in [1.82, 2.24) is 4.72 Å². The number of unbranched alkanes of at least 4 members (excludes halogenated alkanes) is 16. The van der Waals surface area contributed by atoms with Gasteiger partial charge in [0.1, 0.15) is 6.61 Å². The summed E-state index contributed by atoms with van der Waals surface area (Å²) in [5, 5.41) is 9.60. The highest BCUT2D eigenvalue weighted by molar-refractivity contribution is 7.89. The van der Waals surface area contributed by atoms with Crippen molar-refractivity contribution in [3.63, 3.8) is 0 Å². The predicted molar refractivity (Wildman–Crippen MR) is 201 cm³/mol. The van der Waals surface area contributed by atoms with Gasteiger partial charge in [-0.05, 0) is 41.4 Å². The number of sulfonamides is 1. The lowest BCUT2D eigenvalue weighted by atomic mass is 10.0. The fourth-order valence-corrected chi connectivity index (χ4v) is 7.27. The number of aryl methyl sites for hydroxylation is 1. The summed E-state index contributed by atoms with van der Waals surface area (Å²) >= 11 is 0. The van der Waals surface area contributed by atoms with Gasteiger partial charge in [-0.3, -0.25) is 0 Å². The molecule has 0 aromatic heterocycles. The van der Waals surface area contributed by atoms with Crippen LogP contribution in [0.4, 0.5) is 0 Å². The summed E-state index contributed by atoms with van der Waals surface area (Å²) in [5.41, 5.74) is 2.51. The zero-order valence-electron chi connectivity index (χ0n) is 30.3. The van der Waals surface area contributed by atoms with Crippen LogP contribution in [0.1, 0.15) is 140 Å². The van der Waals surface area contributed by atoms with Crippen LogP contribution in [0.15, 0.2) is 60.7 Å². The molecular weight excluding hydrogens is 657 g/mol. The standard InChI is InChI=1S/C30H55NO3S.C9H11O4P/c1-2-3-4-5-6-13-16-22-27-35(33,34)31-30(28-32)26-21-15-12-10-8-7-9-11-14-18-23-29-24-19-17-20-25-29;10-14(11)13-7-6-12-8-9-4-2-1-3-5-9/h17,19-20,24-25,30-32H,2-16,18,21-23,26-28H2,1H3;1-5H,6-8H2. The lowest BCUT2D eigenvalue weighted by Crippen LogP contribution is -2.38. The summed E-state index contributed by atoms with van der Waals surface area (Å²) in [4.78, 5) is 9.99. The number of hydrogen-bond donors (Lipinski definition) is 2. The zero-order valence-corrected chi connectivity index (χ0v) is 32.0. The molecule has 2 aromatic carbocycles. The van der Waals surface area contributed by atoms with E-state index in [0.717, 1.165) is 37.7 Å². The van der Waals surface area contributed by atoms with Crippen molar-refractivity contribution >= 4 is 18.3 Å². The van der Waals surface area contributed by atoms with Crippen molar-refractivity contribution in [2.24, 2.45) is 0 Å². The van der Waals surface area contributed by atoms with E-state index in [0.29, 0.717) is 13.0 Å². The third-order valence-corrected chi connectivity index (χ3v) is 10.4. The van der Waals surface area contributed by atoms with Gasteiger partial charge in [0.2, 0.25) is 10.0 Å². The van der Waals surface area contributed by atoms with Crippen molar-refractivity contribution in [2.45, 2.75) is 148 Å². The number of rotatable bonds is 31. The second-order valence-electron chi connectivity index (χ2n) is 12.9. The number of benzene rings is 2. The van der Waals surface area contributed by atoms with Crippen LogP contribution in [0.25, 0.3) is 0 Å². The van der Waals surface area contributed by atoms with E-state index < -0.39 is 18.3 Å². The summed E-state index contributed by atoms with van der Waals surface area (Å²) in [5.74, 6) is 0.185. The molecule has 8 nitrogen and oxygen atoms in total. The molecule has 0 aliphatic heterocycles. The molecule has 0 radical (unpaired) electrons. The second kappa shape index (κ2) is 32.2. The maximum atomic E-state index is 12.3. The Morgan fingerprint density at radius 3 is 1.71 bits per heavy atom. The Morgan fingerprint density at radius 2 is 1.18 bits per heavy atom. The van der Waals surface area contributed by atoms with Gasteiger partial charge in [0.15, 0.2) is 0 Å². The van der Waals surface area contributed by atoms with E-state index in [1.54, 1.807) is 0 Å². The number of nitrogens with one attached hydrogen (secondary N) is 1. The van der Waals surface area contributed by atoms with Gasteiger partial charge in [-0.1, -0.05) is 170 Å². The molecule has 0 saturated carbocycles. The highest BCUT2D eigenvalue weighted by atomic mass is 32.2. The summed E-state index contributed by atoms with van der Waals surface area (Å²) < 4.78 is 46.9. The van der Waals surface area contributed by atoms with Gasteiger partial charge < -0.3 is 14.7 Å². The number of ether oxygens (including phenoxy) is 1. The minimum Gasteiger partial charge on any atom is -0.566 e. The third-order valence-electron chi connectivity index (χ3n) is 8.48. The summed E-state index contributed by atoms with van der Waals surface area (Å²) in [6.45, 7) is 2.93. The van der Waals surface area contributed by atoms with E-state index in [1.807, 2.05) is 30.3 Å². The summed E-state index contributed by atoms with van der Waals surface area (Å²) in [7, 11) is -6.04. The Bertz CT molecular complexity index is 1120. The minimum atomic E-state index is -3.28. The highest BCUT2D eigenvalue weighted by Gasteiger charge is 2.16. The van der Waals surface area contributed by atoms with Crippen molar-refractivity contribution in [2.75, 3.05) is 25.6 Å². The average Bonchev–Trinajstić information content (AvgIpc) is 3.10. The molecule has 2 unspecified atom stereocenters. The van der Waals surface area contributed by atoms with Gasteiger partial charge in [0.05, 0.1) is 25.6 Å². The molecule has 49 heavy (non-hydrogen) atoms. The lowest BCUT2D eigenvalue weighted by Gasteiger charge is -2.16. The predicted octanol–water partition coefficient (Wildman–Crippen LogP) is 9.18. The largest absolute Gasteiger partial charge is 0.566 e. The molecule has 0 saturated heterocycles. The van der Waals surface area contributed by atoms with Crippen molar-refractivity contribution in [3.05, 3.63) is 71.8 Å². The maximum Gasteiger partial charge on any atom is 0.488 e. The molecule has 10 heteroatoms. The van der Waals surface area contributed by atoms with Crippen molar-refractivity contribution < 1.29 is 32.2 Å². The number of aliphatic hydroxyl groups is 1. The monoisotopic (exact) mass is 723 g/mol. The van der Waals surface area contributed by atoms with Crippen LogP contribution in [0.3, 0.4) is 0 Å². The fraction of sp³-hybridized carbons (Fsp3) is 0.692. The van der Waals surface area contributed by atoms with Crippen LogP contribution in [-0.4, -0.2) is 45.1 Å². The Balaban J connectivity index is 0.000000710. The fourth-order valence-electron chi connectivity index (χ4n) is 5.64. The van der Waals surface area contributed by atoms with Crippen LogP contribution in [0.5, 0.6) is 0 Å². The minimum absolute atomic E-state index is 0.0749. The number of hydrogen-bond acceptors (Lipinski definition) is 7. The van der Waals surface area contributed by atoms with Crippen molar-refractivity contribution in [1.29, 1.82) is 0 Å². The summed E-state index contributed by atoms with van der Waals surface area (Å²) in [6.07, 6.45) is 23.5. The van der Waals surface area contributed by atoms with Crippen molar-refractivity contribution in [3.8, 4) is 0 Å². The molecule has 2 N–H and O–H groups in total. The topological polar surface area (TPSA) is 125 Å². The van der Waals surface area contributed by atoms with Crippen LogP contribution >= 0.6 is 8.25 Å². The van der Waals surface area contributed by atoms with Gasteiger partial charge in [0, 0.05) is 6.04 Å². The molecule has 2 rings (SSSR count). The van der Waals surface area contributed by atoms with Gasteiger partial charge in [-0.25, -0.2) is 13.1 Å². The molecule has 2 atom stereocenters. The van der Waals surface area contributed by atoms with E-state index in [9.17, 15) is 23.0 Å². The first kappa shape index (κ1) is 45.3. The smallest absolute Gasteiger partial charge is 0.488 e. The Labute approximate surface area is 299 Å². The van der Waals surface area contributed by atoms with Gasteiger partial charge in [-0.2, -0.15) is 0 Å². The van der Waals surface area contributed by atoms with E-state index in [1.165, 1.54) is 95.5 Å². The molecule has 2 aromatic rings. The average molecular weight is 724 g/mol. The van der Waals surface area contributed by atoms with Gasteiger partial charge in [-0.15, -0.1) is 4.52 Å². The Kier molecular flexibility index (Phi) is 29.8. The van der Waals surface area contributed by atoms with Crippen LogP contribution < -0.4 is 9.62 Å². The first-order valence-corrected chi connectivity index (χ1v) is 21.6. The number of aliphatic hydroxyl groups excluding tert-OH is 1. The van der Waals surface area contributed by atoms with E-state index in [4.69, 9.17) is 4.74 Å². The first-order valence-electron chi connectivity index (χ1n) is 18.9. The van der Waals surface area contributed by atoms with E-state index in [-0.39, 0.29) is 31.6 Å². The van der Waals surface area contributed by atoms with Crippen LogP contribution in [-0.2, 0) is 36.9 Å². The van der Waals surface area contributed by atoms with E-state index >= 15 is 0 Å². The molecule has 0 aliphatic rings. The highest BCUT2D eigenvalue weighted by Crippen LogP contribution is 2.14. The molecule has 0 bridgehead atoms. The first-order chi connectivity index (χ1) is 23.9. The van der Waals surface area contributed by atoms with Crippen LogP contribution in [0, 0.1) is 0 Å². The van der Waals surface area contributed by atoms with Crippen LogP contribution in [0.2, 0.25) is 0 Å². The molecule has 0 aliphatic carbocycles. The molecule has 0 heterocycles. The zero-order chi connectivity index (χ0) is 35.7. The lowest BCUT2D eigenvalue weighted by molar-refractivity contribution is -0.186. The van der Waals surface area contributed by atoms with Gasteiger partial charge in [0.25, 0.3) is 0 Å². The normalized spacial score (nSPS) is 12.3. The molecule has 0 fully saturated rings. The molecular formula is C39H66NO7PS. The maximum absolute atomic E-state index is 12.3. The Hall–Kier alpha value is -1.71. The quantitative estimate of drug-likeness (QED) is 0.0587. The molecule has 0 amide bonds. The SMILES string of the molecule is CCCCCCCCCCS(=O)(=O)NC(CO)CCCCCCCCCCCCc1ccccc1.O=[P+]([O-])OCCOCc1ccccc1.